The summed E-state index contributed by atoms with van der Waals surface area (Å²) in [6, 6.07) is 14.3. The van der Waals surface area contributed by atoms with Crippen molar-refractivity contribution in [3.05, 3.63) is 65.4 Å². The predicted molar refractivity (Wildman–Crippen MR) is 103 cm³/mol. The maximum absolute atomic E-state index is 12.2. The Morgan fingerprint density at radius 1 is 1.08 bits per heavy atom. The summed E-state index contributed by atoms with van der Waals surface area (Å²) in [6.07, 6.45) is 3.66. The molecule has 1 fully saturated rings. The summed E-state index contributed by atoms with van der Waals surface area (Å²) in [5, 5.41) is 0.936. The van der Waals surface area contributed by atoms with Gasteiger partial charge in [0, 0.05) is 18.1 Å². The number of sulfonamides is 1. The lowest BCUT2D eigenvalue weighted by Gasteiger charge is -2.10. The van der Waals surface area contributed by atoms with Gasteiger partial charge >= 0.3 is 0 Å². The van der Waals surface area contributed by atoms with Gasteiger partial charge in [-0.2, -0.15) is 0 Å². The van der Waals surface area contributed by atoms with Gasteiger partial charge in [0.1, 0.15) is 0 Å². The summed E-state index contributed by atoms with van der Waals surface area (Å²) >= 11 is 0. The number of aromatic nitrogens is 1. The van der Waals surface area contributed by atoms with E-state index in [4.69, 9.17) is 0 Å². The van der Waals surface area contributed by atoms with E-state index in [-0.39, 0.29) is 5.25 Å². The van der Waals surface area contributed by atoms with Crippen LogP contribution >= 0.6 is 0 Å². The molecule has 3 aromatic rings. The Bertz CT molecular complexity index is 1030. The Balaban J connectivity index is 1.69. The van der Waals surface area contributed by atoms with Crippen LogP contribution in [0.5, 0.6) is 0 Å². The second-order valence-electron chi connectivity index (χ2n) is 7.00. The number of anilines is 1. The zero-order valence-electron chi connectivity index (χ0n) is 14.5. The summed E-state index contributed by atoms with van der Waals surface area (Å²) in [7, 11) is -3.24. The van der Waals surface area contributed by atoms with Crippen molar-refractivity contribution in [3.63, 3.8) is 0 Å². The summed E-state index contributed by atoms with van der Waals surface area (Å²) in [6.45, 7) is 4.93. The van der Waals surface area contributed by atoms with E-state index in [0.717, 1.165) is 30.3 Å². The predicted octanol–water partition coefficient (Wildman–Crippen LogP) is 4.21. The van der Waals surface area contributed by atoms with E-state index < -0.39 is 10.0 Å². The summed E-state index contributed by atoms with van der Waals surface area (Å²) in [5.41, 5.74) is 5.36. The summed E-state index contributed by atoms with van der Waals surface area (Å²) in [4.78, 5) is 0. The lowest BCUT2D eigenvalue weighted by Crippen LogP contribution is -2.17. The summed E-state index contributed by atoms with van der Waals surface area (Å²) in [5.74, 6) is 0. The van der Waals surface area contributed by atoms with Crippen molar-refractivity contribution in [2.75, 3.05) is 4.72 Å². The fourth-order valence-corrected chi connectivity index (χ4v) is 4.56. The van der Waals surface area contributed by atoms with E-state index in [9.17, 15) is 8.42 Å². The molecule has 0 atom stereocenters. The Hall–Kier alpha value is -2.27. The van der Waals surface area contributed by atoms with Crippen LogP contribution < -0.4 is 4.72 Å². The minimum atomic E-state index is -3.24. The van der Waals surface area contributed by atoms with Crippen molar-refractivity contribution in [3.8, 4) is 0 Å². The van der Waals surface area contributed by atoms with E-state index in [1.165, 1.54) is 16.7 Å². The van der Waals surface area contributed by atoms with Gasteiger partial charge in [-0.3, -0.25) is 4.72 Å². The Morgan fingerprint density at radius 3 is 2.48 bits per heavy atom. The molecule has 4 nitrogen and oxygen atoms in total. The molecule has 130 valence electrons. The van der Waals surface area contributed by atoms with Crippen molar-refractivity contribution in [2.45, 2.75) is 38.5 Å². The normalized spacial score (nSPS) is 14.8. The van der Waals surface area contributed by atoms with Crippen LogP contribution in [0, 0.1) is 13.8 Å². The molecule has 0 radical (unpaired) electrons. The lowest BCUT2D eigenvalue weighted by atomic mass is 10.1. The van der Waals surface area contributed by atoms with Crippen LogP contribution in [0.1, 0.15) is 29.5 Å². The molecule has 25 heavy (non-hydrogen) atoms. The second kappa shape index (κ2) is 5.92. The average molecular weight is 354 g/mol. The minimum absolute atomic E-state index is 0.218. The third-order valence-corrected chi connectivity index (χ3v) is 6.65. The van der Waals surface area contributed by atoms with Gasteiger partial charge in [-0.1, -0.05) is 35.9 Å². The highest BCUT2D eigenvalue weighted by molar-refractivity contribution is 7.93. The van der Waals surface area contributed by atoms with Crippen LogP contribution in [0.3, 0.4) is 0 Å². The molecule has 0 amide bonds. The smallest absolute Gasteiger partial charge is 0.235 e. The number of fused-ring (bicyclic) bond motifs is 1. The second-order valence-corrected chi connectivity index (χ2v) is 8.96. The third-order valence-electron chi connectivity index (χ3n) is 4.78. The Morgan fingerprint density at radius 2 is 1.80 bits per heavy atom. The number of nitrogens with zero attached hydrogens (tertiary/aromatic N) is 1. The van der Waals surface area contributed by atoms with Crippen LogP contribution in [-0.2, 0) is 16.6 Å². The molecular formula is C20H22N2O2S. The van der Waals surface area contributed by atoms with Gasteiger partial charge < -0.3 is 4.57 Å². The third kappa shape index (κ3) is 3.29. The number of hydrogen-bond donors (Lipinski definition) is 1. The molecule has 1 aliphatic rings. The van der Waals surface area contributed by atoms with Crippen LogP contribution in [0.25, 0.3) is 10.9 Å². The molecule has 0 bridgehead atoms. The van der Waals surface area contributed by atoms with Crippen LogP contribution in [0.2, 0.25) is 0 Å². The van der Waals surface area contributed by atoms with Gasteiger partial charge in [-0.25, -0.2) is 8.42 Å². The average Bonchev–Trinajstić information content (AvgIpc) is 3.37. The van der Waals surface area contributed by atoms with E-state index in [1.807, 2.05) is 18.2 Å². The van der Waals surface area contributed by atoms with Crippen LogP contribution in [0.4, 0.5) is 5.69 Å². The van der Waals surface area contributed by atoms with E-state index in [1.54, 1.807) is 0 Å². The first-order valence-corrected chi connectivity index (χ1v) is 10.1. The highest BCUT2D eigenvalue weighted by Gasteiger charge is 2.35. The molecule has 0 spiro atoms. The molecule has 1 saturated carbocycles. The van der Waals surface area contributed by atoms with Gasteiger partial charge in [0.2, 0.25) is 10.0 Å². The fraction of sp³-hybridized carbons (Fsp3) is 0.300. The van der Waals surface area contributed by atoms with Gasteiger partial charge in [-0.05, 0) is 49.9 Å². The molecular weight excluding hydrogens is 332 g/mol. The van der Waals surface area contributed by atoms with Crippen molar-refractivity contribution in [2.24, 2.45) is 0 Å². The first-order valence-electron chi connectivity index (χ1n) is 8.59. The maximum Gasteiger partial charge on any atom is 0.235 e. The number of rotatable bonds is 5. The molecule has 1 heterocycles. The molecule has 0 saturated heterocycles. The summed E-state index contributed by atoms with van der Waals surface area (Å²) < 4.78 is 29.3. The van der Waals surface area contributed by atoms with Gasteiger partial charge in [0.15, 0.2) is 0 Å². The minimum Gasteiger partial charge on any atom is -0.343 e. The molecule has 1 aromatic heterocycles. The molecule has 1 aliphatic carbocycles. The van der Waals surface area contributed by atoms with Crippen molar-refractivity contribution in [1.29, 1.82) is 0 Å². The standard InChI is InChI=1S/C20H22N2O2S/c1-14-3-5-16(6-4-14)13-22-12-15(2)19-10-7-17(11-20(19)22)21-25(23,24)18-8-9-18/h3-7,10-12,18,21H,8-9,13H2,1-2H3. The number of aryl methyl sites for hydroxylation is 2. The molecule has 5 heteroatoms. The SMILES string of the molecule is Cc1ccc(Cn2cc(C)c3ccc(NS(=O)(=O)C4CC4)cc32)cc1. The van der Waals surface area contributed by atoms with Gasteiger partial charge in [0.05, 0.1) is 16.5 Å². The number of nitrogens with one attached hydrogen (secondary N) is 1. The Labute approximate surface area is 148 Å². The Kier molecular flexibility index (Phi) is 3.84. The van der Waals surface area contributed by atoms with Crippen molar-refractivity contribution >= 4 is 26.6 Å². The van der Waals surface area contributed by atoms with Crippen LogP contribution in [0.15, 0.2) is 48.7 Å². The molecule has 4 rings (SSSR count). The quantitative estimate of drug-likeness (QED) is 0.746. The molecule has 0 aliphatic heterocycles. The highest BCUT2D eigenvalue weighted by atomic mass is 32.2. The maximum atomic E-state index is 12.2. The van der Waals surface area contributed by atoms with Crippen molar-refractivity contribution in [1.82, 2.24) is 4.57 Å². The number of benzene rings is 2. The fourth-order valence-electron chi connectivity index (χ4n) is 3.19. The van der Waals surface area contributed by atoms with Gasteiger partial charge in [-0.15, -0.1) is 0 Å². The van der Waals surface area contributed by atoms with Gasteiger partial charge in [0.25, 0.3) is 0 Å². The van der Waals surface area contributed by atoms with E-state index >= 15 is 0 Å². The van der Waals surface area contributed by atoms with E-state index in [2.05, 4.69) is 53.6 Å². The first-order chi connectivity index (χ1) is 11.9. The van der Waals surface area contributed by atoms with Crippen LogP contribution in [-0.4, -0.2) is 18.2 Å². The topological polar surface area (TPSA) is 51.1 Å². The highest BCUT2D eigenvalue weighted by Crippen LogP contribution is 2.31. The van der Waals surface area contributed by atoms with Crippen molar-refractivity contribution < 1.29 is 8.42 Å². The largest absolute Gasteiger partial charge is 0.343 e. The molecule has 1 N–H and O–H groups in total. The number of hydrogen-bond acceptors (Lipinski definition) is 2. The lowest BCUT2D eigenvalue weighted by molar-refractivity contribution is 0.600. The molecule has 2 aromatic carbocycles. The van der Waals surface area contributed by atoms with E-state index in [0.29, 0.717) is 5.69 Å². The molecule has 0 unspecified atom stereocenters. The zero-order chi connectivity index (χ0) is 17.6. The first kappa shape index (κ1) is 16.2. The monoisotopic (exact) mass is 354 g/mol. The zero-order valence-corrected chi connectivity index (χ0v) is 15.3.